The Morgan fingerprint density at radius 1 is 1.42 bits per heavy atom. The maximum absolute atomic E-state index is 11.7. The first kappa shape index (κ1) is 13.5. The maximum atomic E-state index is 11.7. The minimum atomic E-state index is -0.415. The third kappa shape index (κ3) is 3.75. The zero-order valence-electron chi connectivity index (χ0n) is 10.6. The van der Waals surface area contributed by atoms with E-state index >= 15 is 0 Å². The quantitative estimate of drug-likeness (QED) is 0.634. The van der Waals surface area contributed by atoms with Crippen LogP contribution in [0.2, 0.25) is 0 Å². The summed E-state index contributed by atoms with van der Waals surface area (Å²) in [6.07, 6.45) is 2.81. The molecule has 19 heavy (non-hydrogen) atoms. The predicted molar refractivity (Wildman–Crippen MR) is 70.6 cm³/mol. The normalized spacial score (nSPS) is 19.6. The zero-order chi connectivity index (χ0) is 13.7. The average molecular weight is 263 g/mol. The number of hydrogen-bond donors (Lipinski definition) is 2. The van der Waals surface area contributed by atoms with E-state index in [0.717, 1.165) is 31.4 Å². The van der Waals surface area contributed by atoms with Crippen LogP contribution in [0.1, 0.15) is 24.8 Å². The molecule has 1 saturated heterocycles. The van der Waals surface area contributed by atoms with Crippen LogP contribution in [-0.4, -0.2) is 23.4 Å². The number of nitrogens with zero attached hydrogens (tertiary/aromatic N) is 1. The topological polar surface area (TPSA) is 84.3 Å². The largest absolute Gasteiger partial charge is 0.355 e. The summed E-state index contributed by atoms with van der Waals surface area (Å²) in [4.78, 5) is 22.0. The number of non-ortho nitro benzene ring substituents is 1. The third-order valence-corrected chi connectivity index (χ3v) is 3.21. The van der Waals surface area contributed by atoms with Crippen LogP contribution in [0, 0.1) is 10.1 Å². The number of amides is 1. The molecule has 1 heterocycles. The number of hydrogen-bond acceptors (Lipinski definition) is 4. The molecule has 0 bridgehead atoms. The fourth-order valence-electron chi connectivity index (χ4n) is 2.16. The van der Waals surface area contributed by atoms with Gasteiger partial charge in [0.2, 0.25) is 5.91 Å². The first-order valence-electron chi connectivity index (χ1n) is 6.41. The molecule has 2 N–H and O–H groups in total. The van der Waals surface area contributed by atoms with Gasteiger partial charge in [-0.1, -0.05) is 12.1 Å². The second-order valence-electron chi connectivity index (χ2n) is 4.65. The molecule has 1 amide bonds. The summed E-state index contributed by atoms with van der Waals surface area (Å²) in [5.74, 6) is 0.0166. The predicted octanol–water partition coefficient (Wildman–Crippen LogP) is 1.35. The number of carbonyl (C=O) groups is 1. The smallest absolute Gasteiger partial charge is 0.269 e. The van der Waals surface area contributed by atoms with Gasteiger partial charge in [-0.2, -0.15) is 0 Å². The van der Waals surface area contributed by atoms with Gasteiger partial charge in [-0.15, -0.1) is 0 Å². The highest BCUT2D eigenvalue weighted by molar-refractivity contribution is 5.81. The van der Waals surface area contributed by atoms with Crippen molar-refractivity contribution in [3.8, 4) is 0 Å². The lowest BCUT2D eigenvalue weighted by Crippen LogP contribution is -2.42. The van der Waals surface area contributed by atoms with Gasteiger partial charge in [0.1, 0.15) is 0 Å². The number of nitro benzene ring substituents is 1. The molecule has 2 rings (SSSR count). The zero-order valence-corrected chi connectivity index (χ0v) is 10.6. The molecule has 0 aliphatic carbocycles. The standard InChI is InChI=1S/C13H17N3O3/c17-13-12(6-1-2-7-14-13)15-9-10-4-3-5-11(8-10)16(18)19/h3-5,8,12,15H,1-2,6-7,9H2,(H,14,17). The maximum Gasteiger partial charge on any atom is 0.269 e. The van der Waals surface area contributed by atoms with E-state index in [1.54, 1.807) is 6.07 Å². The Balaban J connectivity index is 1.95. The van der Waals surface area contributed by atoms with Crippen LogP contribution in [0.3, 0.4) is 0 Å². The van der Waals surface area contributed by atoms with Gasteiger partial charge < -0.3 is 10.6 Å². The lowest BCUT2D eigenvalue weighted by molar-refractivity contribution is -0.384. The molecule has 1 aliphatic heterocycles. The van der Waals surface area contributed by atoms with Crippen molar-refractivity contribution in [1.29, 1.82) is 0 Å². The van der Waals surface area contributed by atoms with Crippen molar-refractivity contribution in [2.45, 2.75) is 31.8 Å². The molecule has 6 nitrogen and oxygen atoms in total. The Morgan fingerprint density at radius 3 is 3.05 bits per heavy atom. The molecule has 102 valence electrons. The molecule has 1 unspecified atom stereocenters. The lowest BCUT2D eigenvalue weighted by atomic mass is 10.1. The molecular formula is C13H17N3O3. The first-order chi connectivity index (χ1) is 9.16. The summed E-state index contributed by atoms with van der Waals surface area (Å²) >= 11 is 0. The van der Waals surface area contributed by atoms with Gasteiger partial charge in [0.15, 0.2) is 0 Å². The first-order valence-corrected chi connectivity index (χ1v) is 6.41. The van der Waals surface area contributed by atoms with E-state index in [1.165, 1.54) is 12.1 Å². The molecule has 6 heteroatoms. The molecule has 0 saturated carbocycles. The molecule has 1 atom stereocenters. The second kappa shape index (κ2) is 6.29. The van der Waals surface area contributed by atoms with Crippen LogP contribution in [-0.2, 0) is 11.3 Å². The van der Waals surface area contributed by atoms with E-state index < -0.39 is 4.92 Å². The van der Waals surface area contributed by atoms with Crippen LogP contribution in [0.5, 0.6) is 0 Å². The fourth-order valence-corrected chi connectivity index (χ4v) is 2.16. The van der Waals surface area contributed by atoms with Crippen molar-refractivity contribution >= 4 is 11.6 Å². The van der Waals surface area contributed by atoms with Gasteiger partial charge in [-0.05, 0) is 24.8 Å². The molecule has 1 aromatic carbocycles. The van der Waals surface area contributed by atoms with Gasteiger partial charge in [0.25, 0.3) is 5.69 Å². The Hall–Kier alpha value is -1.95. The van der Waals surface area contributed by atoms with Gasteiger partial charge >= 0.3 is 0 Å². The Labute approximate surface area is 111 Å². The van der Waals surface area contributed by atoms with Crippen molar-refractivity contribution in [2.24, 2.45) is 0 Å². The minimum absolute atomic E-state index is 0.0166. The number of nitrogens with one attached hydrogen (secondary N) is 2. The van der Waals surface area contributed by atoms with Crippen LogP contribution >= 0.6 is 0 Å². The number of carbonyl (C=O) groups excluding carboxylic acids is 1. The Kier molecular flexibility index (Phi) is 4.46. The van der Waals surface area contributed by atoms with Crippen molar-refractivity contribution < 1.29 is 9.72 Å². The Morgan fingerprint density at radius 2 is 2.26 bits per heavy atom. The summed E-state index contributed by atoms with van der Waals surface area (Å²) in [5.41, 5.74) is 0.885. The van der Waals surface area contributed by atoms with Gasteiger partial charge in [0, 0.05) is 25.2 Å². The van der Waals surface area contributed by atoms with Crippen molar-refractivity contribution in [1.82, 2.24) is 10.6 Å². The summed E-state index contributed by atoms with van der Waals surface area (Å²) in [6, 6.07) is 6.25. The molecule has 0 spiro atoms. The highest BCUT2D eigenvalue weighted by Gasteiger charge is 2.19. The van der Waals surface area contributed by atoms with Crippen molar-refractivity contribution in [3.05, 3.63) is 39.9 Å². The van der Waals surface area contributed by atoms with E-state index in [2.05, 4.69) is 10.6 Å². The third-order valence-electron chi connectivity index (χ3n) is 3.21. The highest BCUT2D eigenvalue weighted by atomic mass is 16.6. The van der Waals surface area contributed by atoms with Crippen molar-refractivity contribution in [3.63, 3.8) is 0 Å². The van der Waals surface area contributed by atoms with Crippen molar-refractivity contribution in [2.75, 3.05) is 6.54 Å². The number of nitro groups is 1. The van der Waals surface area contributed by atoms with E-state index in [-0.39, 0.29) is 17.6 Å². The average Bonchev–Trinajstić information content (AvgIpc) is 2.61. The number of benzene rings is 1. The minimum Gasteiger partial charge on any atom is -0.355 e. The van der Waals surface area contributed by atoms with Crippen LogP contribution < -0.4 is 10.6 Å². The van der Waals surface area contributed by atoms with Crippen LogP contribution in [0.15, 0.2) is 24.3 Å². The monoisotopic (exact) mass is 263 g/mol. The highest BCUT2D eigenvalue weighted by Crippen LogP contribution is 2.13. The molecule has 1 aliphatic rings. The van der Waals surface area contributed by atoms with Crippen LogP contribution in [0.4, 0.5) is 5.69 Å². The fraction of sp³-hybridized carbons (Fsp3) is 0.462. The van der Waals surface area contributed by atoms with E-state index in [9.17, 15) is 14.9 Å². The van der Waals surface area contributed by atoms with Gasteiger partial charge in [0.05, 0.1) is 11.0 Å². The van der Waals surface area contributed by atoms with E-state index in [1.807, 2.05) is 6.07 Å². The molecule has 1 fully saturated rings. The number of rotatable bonds is 4. The summed E-state index contributed by atoms with van der Waals surface area (Å²) < 4.78 is 0. The van der Waals surface area contributed by atoms with E-state index in [0.29, 0.717) is 6.54 Å². The van der Waals surface area contributed by atoms with Crippen LogP contribution in [0.25, 0.3) is 0 Å². The second-order valence-corrected chi connectivity index (χ2v) is 4.65. The van der Waals surface area contributed by atoms with Gasteiger partial charge in [-0.3, -0.25) is 14.9 Å². The SMILES string of the molecule is O=C1NCCCCC1NCc1cccc([N+](=O)[O-])c1. The summed E-state index contributed by atoms with van der Waals surface area (Å²) in [5, 5.41) is 16.7. The summed E-state index contributed by atoms with van der Waals surface area (Å²) in [7, 11) is 0. The lowest BCUT2D eigenvalue weighted by Gasteiger charge is -2.15. The van der Waals surface area contributed by atoms with E-state index in [4.69, 9.17) is 0 Å². The molecule has 0 aromatic heterocycles. The molecule has 1 aromatic rings. The Bertz CT molecular complexity index is 476. The van der Waals surface area contributed by atoms with Gasteiger partial charge in [-0.25, -0.2) is 0 Å². The summed E-state index contributed by atoms with van der Waals surface area (Å²) in [6.45, 7) is 1.19. The molecule has 0 radical (unpaired) electrons. The molecular weight excluding hydrogens is 246 g/mol.